The fraction of sp³-hybridized carbons (Fsp3) is 0.571. The first-order valence-corrected chi connectivity index (χ1v) is 17.2. The highest BCUT2D eigenvalue weighted by Gasteiger charge is 2.31. The number of aryl methyl sites for hydroxylation is 1. The second-order valence-corrected chi connectivity index (χ2v) is 14.6. The van der Waals surface area contributed by atoms with E-state index in [9.17, 15) is 13.2 Å². The minimum Gasteiger partial charge on any atom is -0.497 e. The van der Waals surface area contributed by atoms with Gasteiger partial charge in [0, 0.05) is 0 Å². The predicted octanol–water partition coefficient (Wildman–Crippen LogP) is 14.3. The Kier molecular flexibility index (Phi) is 19.9. The first-order chi connectivity index (χ1) is 21.2. The molecule has 3 aromatic carbocycles. The number of hydrogen-bond donors (Lipinski definition) is 0. The molecule has 0 saturated heterocycles. The van der Waals surface area contributed by atoms with E-state index in [1.165, 1.54) is 54.5 Å². The summed E-state index contributed by atoms with van der Waals surface area (Å²) in [6.45, 7) is 27.8. The highest BCUT2D eigenvalue weighted by Crippen LogP contribution is 2.32. The Hall–Kier alpha value is -2.75. The molecular formula is C42H65F3O. The summed E-state index contributed by atoms with van der Waals surface area (Å²) in [5, 5.41) is 0. The molecule has 0 fully saturated rings. The zero-order valence-electron chi connectivity index (χ0n) is 31.5. The van der Waals surface area contributed by atoms with Gasteiger partial charge in [-0.1, -0.05) is 157 Å². The Morgan fingerprint density at radius 1 is 0.609 bits per heavy atom. The molecule has 0 aliphatic carbocycles. The van der Waals surface area contributed by atoms with Crippen molar-refractivity contribution in [2.24, 2.45) is 5.92 Å². The zero-order valence-corrected chi connectivity index (χ0v) is 31.5. The third kappa shape index (κ3) is 18.4. The van der Waals surface area contributed by atoms with Gasteiger partial charge in [0.05, 0.1) is 12.7 Å². The molecule has 0 N–H and O–H groups in total. The lowest BCUT2D eigenvalue weighted by molar-refractivity contribution is -0.137. The van der Waals surface area contributed by atoms with Crippen LogP contribution in [0.5, 0.6) is 5.75 Å². The van der Waals surface area contributed by atoms with Gasteiger partial charge in [-0.3, -0.25) is 0 Å². The van der Waals surface area contributed by atoms with Crippen LogP contribution in [-0.4, -0.2) is 7.11 Å². The van der Waals surface area contributed by atoms with Crippen LogP contribution in [0, 0.1) is 12.8 Å². The summed E-state index contributed by atoms with van der Waals surface area (Å²) in [5.41, 5.74) is 5.30. The second-order valence-electron chi connectivity index (χ2n) is 14.6. The highest BCUT2D eigenvalue weighted by atomic mass is 19.4. The molecule has 3 rings (SSSR count). The standard InChI is InChI=1S/C13H20.C11H13F3.C10H14O.C8H18/c1-10(2)11-6-8-12(9-7-11)13(3,4)5;1-7(2)9-4-8(3)5-10(6-9)11(12,13)14;1-8(2)9-4-6-10(11-3)7-5-9;1-4-5-6-7-8(2)3/h6-10H,1-5H3;4-7H,1-3H3;4-8H,1-3H3;8H,4-7H2,1-3H3. The van der Waals surface area contributed by atoms with Gasteiger partial charge in [0.2, 0.25) is 0 Å². The minimum atomic E-state index is -4.24. The summed E-state index contributed by atoms with van der Waals surface area (Å²) < 4.78 is 42.3. The molecule has 0 atom stereocenters. The maximum absolute atomic E-state index is 12.4. The average Bonchev–Trinajstić information content (AvgIpc) is 2.97. The number of methoxy groups -OCH3 is 1. The van der Waals surface area contributed by atoms with Crippen molar-refractivity contribution in [3.8, 4) is 5.75 Å². The van der Waals surface area contributed by atoms with Gasteiger partial charge in [-0.25, -0.2) is 0 Å². The molecule has 0 amide bonds. The lowest BCUT2D eigenvalue weighted by atomic mass is 9.86. The summed E-state index contributed by atoms with van der Waals surface area (Å²) in [6.07, 6.45) is 1.36. The van der Waals surface area contributed by atoms with E-state index in [0.717, 1.165) is 17.2 Å². The lowest BCUT2D eigenvalue weighted by Gasteiger charge is -2.19. The number of alkyl halides is 3. The van der Waals surface area contributed by atoms with Crippen molar-refractivity contribution in [2.75, 3.05) is 7.11 Å². The average molecular weight is 643 g/mol. The van der Waals surface area contributed by atoms with Gasteiger partial charge in [0.25, 0.3) is 0 Å². The van der Waals surface area contributed by atoms with Crippen LogP contribution in [0.2, 0.25) is 0 Å². The summed E-state index contributed by atoms with van der Waals surface area (Å²) in [7, 11) is 1.68. The van der Waals surface area contributed by atoms with Crippen LogP contribution in [0.1, 0.15) is 160 Å². The lowest BCUT2D eigenvalue weighted by Crippen LogP contribution is -2.10. The van der Waals surface area contributed by atoms with E-state index in [1.54, 1.807) is 20.1 Å². The first kappa shape index (κ1) is 43.2. The number of hydrogen-bond acceptors (Lipinski definition) is 1. The van der Waals surface area contributed by atoms with Crippen molar-refractivity contribution in [3.63, 3.8) is 0 Å². The van der Waals surface area contributed by atoms with E-state index < -0.39 is 11.7 Å². The smallest absolute Gasteiger partial charge is 0.416 e. The van der Waals surface area contributed by atoms with Crippen LogP contribution in [0.3, 0.4) is 0 Å². The Balaban J connectivity index is 0.000000598. The zero-order chi connectivity index (χ0) is 35.7. The van der Waals surface area contributed by atoms with Crippen molar-refractivity contribution < 1.29 is 17.9 Å². The summed E-state index contributed by atoms with van der Waals surface area (Å²) >= 11 is 0. The van der Waals surface area contributed by atoms with E-state index >= 15 is 0 Å². The van der Waals surface area contributed by atoms with Crippen LogP contribution in [0.4, 0.5) is 13.2 Å². The number of halogens is 3. The monoisotopic (exact) mass is 642 g/mol. The largest absolute Gasteiger partial charge is 0.497 e. The third-order valence-corrected chi connectivity index (χ3v) is 7.70. The van der Waals surface area contributed by atoms with E-state index in [-0.39, 0.29) is 11.3 Å². The van der Waals surface area contributed by atoms with Gasteiger partial charge in [-0.05, 0) is 82.5 Å². The molecule has 3 aromatic rings. The first-order valence-electron chi connectivity index (χ1n) is 17.2. The SMILES string of the molecule is CC(C)c1ccc(C(C)(C)C)cc1.CCCCCC(C)C.COc1ccc(C(C)C)cc1.Cc1cc(C(C)C)cc(C(F)(F)F)c1. The molecule has 4 heteroatoms. The predicted molar refractivity (Wildman–Crippen MR) is 196 cm³/mol. The van der Waals surface area contributed by atoms with Gasteiger partial charge >= 0.3 is 6.18 Å². The molecule has 0 saturated carbocycles. The Morgan fingerprint density at radius 2 is 1.07 bits per heavy atom. The maximum Gasteiger partial charge on any atom is 0.416 e. The van der Waals surface area contributed by atoms with Crippen molar-refractivity contribution in [2.45, 2.75) is 145 Å². The van der Waals surface area contributed by atoms with Crippen LogP contribution in [0.25, 0.3) is 0 Å². The van der Waals surface area contributed by atoms with Crippen LogP contribution in [-0.2, 0) is 11.6 Å². The van der Waals surface area contributed by atoms with Crippen molar-refractivity contribution in [1.29, 1.82) is 0 Å². The van der Waals surface area contributed by atoms with Crippen LogP contribution in [0.15, 0.2) is 66.7 Å². The van der Waals surface area contributed by atoms with E-state index in [1.807, 2.05) is 26.0 Å². The molecule has 1 nitrogen and oxygen atoms in total. The minimum absolute atomic E-state index is 0.121. The van der Waals surface area contributed by atoms with Crippen molar-refractivity contribution in [1.82, 2.24) is 0 Å². The molecule has 0 aliphatic heterocycles. The quantitative estimate of drug-likeness (QED) is 0.222. The van der Waals surface area contributed by atoms with Crippen molar-refractivity contribution in [3.05, 3.63) is 100 Å². The molecule has 0 bridgehead atoms. The molecule has 260 valence electrons. The third-order valence-electron chi connectivity index (χ3n) is 7.70. The van der Waals surface area contributed by atoms with Gasteiger partial charge in [0.1, 0.15) is 5.75 Å². The molecule has 46 heavy (non-hydrogen) atoms. The van der Waals surface area contributed by atoms with E-state index in [4.69, 9.17) is 4.74 Å². The Bertz CT molecular complexity index is 1200. The summed E-state index contributed by atoms with van der Waals surface area (Å²) in [6, 6.07) is 21.3. The van der Waals surface area contributed by atoms with Crippen LogP contribution >= 0.6 is 0 Å². The summed E-state index contributed by atoms with van der Waals surface area (Å²) in [4.78, 5) is 0. The maximum atomic E-state index is 12.4. The van der Waals surface area contributed by atoms with Crippen molar-refractivity contribution >= 4 is 0 Å². The second kappa shape index (κ2) is 21.2. The van der Waals surface area contributed by atoms with Gasteiger partial charge < -0.3 is 4.74 Å². The number of benzene rings is 3. The normalized spacial score (nSPS) is 11.4. The van der Waals surface area contributed by atoms with Gasteiger partial charge in [0.15, 0.2) is 0 Å². The molecule has 0 radical (unpaired) electrons. The number of ether oxygens (including phenoxy) is 1. The number of unbranched alkanes of at least 4 members (excludes halogenated alkanes) is 2. The summed E-state index contributed by atoms with van der Waals surface area (Å²) in [5.74, 6) is 3.18. The Morgan fingerprint density at radius 3 is 1.41 bits per heavy atom. The molecule has 0 heterocycles. The fourth-order valence-corrected chi connectivity index (χ4v) is 4.47. The molecule has 0 aromatic heterocycles. The van der Waals surface area contributed by atoms with E-state index in [0.29, 0.717) is 17.4 Å². The molecular weight excluding hydrogens is 577 g/mol. The molecule has 0 unspecified atom stereocenters. The fourth-order valence-electron chi connectivity index (χ4n) is 4.47. The number of rotatable bonds is 8. The van der Waals surface area contributed by atoms with E-state index in [2.05, 4.69) is 106 Å². The molecule has 0 spiro atoms. The van der Waals surface area contributed by atoms with Gasteiger partial charge in [-0.15, -0.1) is 0 Å². The van der Waals surface area contributed by atoms with Gasteiger partial charge in [-0.2, -0.15) is 13.2 Å². The highest BCUT2D eigenvalue weighted by molar-refractivity contribution is 5.33. The van der Waals surface area contributed by atoms with Crippen LogP contribution < -0.4 is 4.74 Å². The molecule has 0 aliphatic rings. The topological polar surface area (TPSA) is 9.23 Å². The Labute approximate surface area is 281 Å².